The van der Waals surface area contributed by atoms with Gasteiger partial charge in [-0.05, 0) is 63.2 Å². The molecule has 0 atom stereocenters. The highest BCUT2D eigenvalue weighted by atomic mass is 35.5. The number of nitrogens with zero attached hydrogens (tertiary/aromatic N) is 3. The number of rotatable bonds is 10. The van der Waals surface area contributed by atoms with E-state index in [1.165, 1.54) is 14.7 Å². The maximum absolute atomic E-state index is 13.3. The number of anilines is 3. The SMILES string of the molecule is CN(C(=O)COc1cccc(N(CC(=O)N(C)c2ccccc2)C(=O)CNC(=O)OC(C)(C)C)c1)c1cccc(Cl)c1. The smallest absolute Gasteiger partial charge is 0.408 e. The van der Waals surface area contributed by atoms with Crippen LogP contribution in [0.4, 0.5) is 21.9 Å². The van der Waals surface area contributed by atoms with E-state index in [0.29, 0.717) is 27.8 Å². The quantitative estimate of drug-likeness (QED) is 0.358. The first-order valence-electron chi connectivity index (χ1n) is 13.2. The molecular formula is C31H35ClN4O6. The van der Waals surface area contributed by atoms with Gasteiger partial charge in [-0.2, -0.15) is 0 Å². The van der Waals surface area contributed by atoms with Crippen LogP contribution in [0.25, 0.3) is 0 Å². The Hall–Kier alpha value is -4.57. The van der Waals surface area contributed by atoms with Crippen molar-refractivity contribution in [1.82, 2.24) is 5.32 Å². The predicted octanol–water partition coefficient (Wildman–Crippen LogP) is 4.90. The van der Waals surface area contributed by atoms with Crippen LogP contribution in [0.2, 0.25) is 5.02 Å². The molecule has 0 fully saturated rings. The molecule has 3 aromatic rings. The maximum Gasteiger partial charge on any atom is 0.408 e. The van der Waals surface area contributed by atoms with E-state index in [1.807, 2.05) is 6.07 Å². The monoisotopic (exact) mass is 594 g/mol. The van der Waals surface area contributed by atoms with E-state index < -0.39 is 24.1 Å². The van der Waals surface area contributed by atoms with Crippen LogP contribution in [-0.2, 0) is 19.1 Å². The van der Waals surface area contributed by atoms with Crippen molar-refractivity contribution < 1.29 is 28.7 Å². The summed E-state index contributed by atoms with van der Waals surface area (Å²) < 4.78 is 11.0. The Morgan fingerprint density at radius 1 is 0.762 bits per heavy atom. The highest BCUT2D eigenvalue weighted by Gasteiger charge is 2.24. The first-order valence-corrected chi connectivity index (χ1v) is 13.6. The van der Waals surface area contributed by atoms with Crippen molar-refractivity contribution in [2.24, 2.45) is 0 Å². The summed E-state index contributed by atoms with van der Waals surface area (Å²) in [4.78, 5) is 55.6. The number of benzene rings is 3. The molecular weight excluding hydrogens is 560 g/mol. The van der Waals surface area contributed by atoms with Crippen molar-refractivity contribution in [3.8, 4) is 5.75 Å². The van der Waals surface area contributed by atoms with Crippen LogP contribution >= 0.6 is 11.6 Å². The number of hydrogen-bond acceptors (Lipinski definition) is 6. The summed E-state index contributed by atoms with van der Waals surface area (Å²) in [5.41, 5.74) is 0.862. The number of para-hydroxylation sites is 1. The Bertz CT molecular complexity index is 1410. The van der Waals surface area contributed by atoms with E-state index >= 15 is 0 Å². The van der Waals surface area contributed by atoms with Gasteiger partial charge in [0.25, 0.3) is 5.91 Å². The van der Waals surface area contributed by atoms with Gasteiger partial charge in [-0.1, -0.05) is 41.9 Å². The lowest BCUT2D eigenvalue weighted by atomic mass is 10.2. The number of nitrogens with one attached hydrogen (secondary N) is 1. The molecule has 0 heterocycles. The third kappa shape index (κ3) is 9.52. The molecule has 42 heavy (non-hydrogen) atoms. The van der Waals surface area contributed by atoms with E-state index in [4.69, 9.17) is 21.1 Å². The first-order chi connectivity index (χ1) is 19.8. The van der Waals surface area contributed by atoms with E-state index in [0.717, 1.165) is 0 Å². The highest BCUT2D eigenvalue weighted by molar-refractivity contribution is 6.30. The number of halogens is 1. The minimum atomic E-state index is -0.761. The van der Waals surface area contributed by atoms with Crippen LogP contribution < -0.4 is 24.8 Å². The summed E-state index contributed by atoms with van der Waals surface area (Å²) in [6, 6.07) is 22.3. The van der Waals surface area contributed by atoms with Crippen LogP contribution in [0.3, 0.4) is 0 Å². The van der Waals surface area contributed by atoms with Crippen molar-refractivity contribution in [2.45, 2.75) is 26.4 Å². The zero-order chi connectivity index (χ0) is 30.9. The Morgan fingerprint density at radius 3 is 2.05 bits per heavy atom. The number of carbonyl (C=O) groups is 4. The average Bonchev–Trinajstić information content (AvgIpc) is 2.96. The Kier molecular flexibility index (Phi) is 10.9. The Balaban J connectivity index is 1.77. The van der Waals surface area contributed by atoms with Crippen LogP contribution in [0, 0.1) is 0 Å². The molecule has 0 aromatic heterocycles. The van der Waals surface area contributed by atoms with Crippen molar-refractivity contribution in [1.29, 1.82) is 0 Å². The number of amides is 4. The Labute approximate surface area is 250 Å². The molecule has 0 bridgehead atoms. The van der Waals surface area contributed by atoms with Crippen LogP contribution in [-0.4, -0.2) is 63.2 Å². The van der Waals surface area contributed by atoms with E-state index in [2.05, 4.69) is 5.32 Å². The van der Waals surface area contributed by atoms with Crippen LogP contribution in [0.5, 0.6) is 5.75 Å². The summed E-state index contributed by atoms with van der Waals surface area (Å²) in [6.07, 6.45) is -0.761. The lowest BCUT2D eigenvalue weighted by Gasteiger charge is -2.26. The molecule has 0 unspecified atom stereocenters. The molecule has 10 nitrogen and oxygen atoms in total. The average molecular weight is 595 g/mol. The van der Waals surface area contributed by atoms with E-state index in [-0.39, 0.29) is 25.0 Å². The molecule has 0 radical (unpaired) electrons. The van der Waals surface area contributed by atoms with Gasteiger partial charge >= 0.3 is 6.09 Å². The lowest BCUT2D eigenvalue weighted by molar-refractivity contribution is -0.122. The van der Waals surface area contributed by atoms with Crippen molar-refractivity contribution in [2.75, 3.05) is 48.5 Å². The summed E-state index contributed by atoms with van der Waals surface area (Å²) in [7, 11) is 3.22. The fraction of sp³-hybridized carbons (Fsp3) is 0.290. The molecule has 0 saturated carbocycles. The molecule has 0 aliphatic rings. The van der Waals surface area contributed by atoms with Gasteiger partial charge in [0.2, 0.25) is 11.8 Å². The van der Waals surface area contributed by atoms with Gasteiger partial charge in [0.15, 0.2) is 6.61 Å². The van der Waals surface area contributed by atoms with Gasteiger partial charge in [0.1, 0.15) is 24.4 Å². The maximum atomic E-state index is 13.3. The van der Waals surface area contributed by atoms with Gasteiger partial charge in [0, 0.05) is 42.2 Å². The highest BCUT2D eigenvalue weighted by Crippen LogP contribution is 2.23. The number of hydrogen-bond donors (Lipinski definition) is 1. The molecule has 11 heteroatoms. The number of alkyl carbamates (subject to hydrolysis) is 1. The number of carbonyl (C=O) groups excluding carboxylic acids is 4. The summed E-state index contributed by atoms with van der Waals surface area (Å²) >= 11 is 6.04. The minimum Gasteiger partial charge on any atom is -0.484 e. The second kappa shape index (κ2) is 14.4. The third-order valence-electron chi connectivity index (χ3n) is 5.96. The van der Waals surface area contributed by atoms with Crippen molar-refractivity contribution >= 4 is 52.5 Å². The second-order valence-electron chi connectivity index (χ2n) is 10.3. The molecule has 0 saturated heterocycles. The molecule has 0 aliphatic heterocycles. The minimum absolute atomic E-state index is 0.281. The summed E-state index contributed by atoms with van der Waals surface area (Å²) in [5.74, 6) is -0.931. The second-order valence-corrected chi connectivity index (χ2v) is 10.8. The third-order valence-corrected chi connectivity index (χ3v) is 6.19. The molecule has 0 aliphatic carbocycles. The molecule has 4 amide bonds. The van der Waals surface area contributed by atoms with E-state index in [9.17, 15) is 19.2 Å². The van der Waals surface area contributed by atoms with Gasteiger partial charge in [-0.25, -0.2) is 4.79 Å². The molecule has 222 valence electrons. The van der Waals surface area contributed by atoms with Crippen LogP contribution in [0.15, 0.2) is 78.9 Å². The fourth-order valence-corrected chi connectivity index (χ4v) is 3.91. The molecule has 3 rings (SSSR count). The predicted molar refractivity (Wildman–Crippen MR) is 163 cm³/mol. The fourth-order valence-electron chi connectivity index (χ4n) is 3.73. The van der Waals surface area contributed by atoms with Gasteiger partial charge in [-0.3, -0.25) is 14.4 Å². The standard InChI is InChI=1S/C31H35ClN4O6/c1-31(2,3)42-30(40)33-19-27(37)36(20-28(38)34(4)23-12-7-6-8-13-23)25-15-10-16-26(18-25)41-21-29(39)35(5)24-14-9-11-22(32)17-24/h6-18H,19-21H2,1-5H3,(H,33,40). The zero-order valence-corrected chi connectivity index (χ0v) is 25.1. The Morgan fingerprint density at radius 2 is 1.38 bits per heavy atom. The zero-order valence-electron chi connectivity index (χ0n) is 24.3. The molecule has 3 aromatic carbocycles. The van der Waals surface area contributed by atoms with Gasteiger partial charge in [0.05, 0.1) is 0 Å². The summed E-state index contributed by atoms with van der Waals surface area (Å²) in [6.45, 7) is 4.12. The summed E-state index contributed by atoms with van der Waals surface area (Å²) in [5, 5.41) is 2.94. The van der Waals surface area contributed by atoms with E-state index in [1.54, 1.807) is 108 Å². The van der Waals surface area contributed by atoms with Gasteiger partial charge in [-0.15, -0.1) is 0 Å². The number of ether oxygens (including phenoxy) is 2. The molecule has 0 spiro atoms. The van der Waals surface area contributed by atoms with Crippen LogP contribution in [0.1, 0.15) is 20.8 Å². The lowest BCUT2D eigenvalue weighted by Crippen LogP contribution is -2.46. The largest absolute Gasteiger partial charge is 0.484 e. The topological polar surface area (TPSA) is 108 Å². The van der Waals surface area contributed by atoms with Crippen molar-refractivity contribution in [3.05, 3.63) is 83.9 Å². The number of likely N-dealkylation sites (N-methyl/N-ethyl adjacent to an activating group) is 2. The normalized spacial score (nSPS) is 10.8. The first kappa shape index (κ1) is 32.0. The van der Waals surface area contributed by atoms with Gasteiger partial charge < -0.3 is 29.5 Å². The molecule has 1 N–H and O–H groups in total. The van der Waals surface area contributed by atoms with Crippen molar-refractivity contribution in [3.63, 3.8) is 0 Å².